The summed E-state index contributed by atoms with van der Waals surface area (Å²) in [6, 6.07) is 0. The SMILES string of the molecule is O=[PH+]CCCCCCCCCCC(=O)O. The van der Waals surface area contributed by atoms with Crippen LogP contribution in [0.25, 0.3) is 0 Å². The minimum atomic E-state index is -0.687. The van der Waals surface area contributed by atoms with Crippen molar-refractivity contribution in [3.63, 3.8) is 0 Å². The average molecular weight is 233 g/mol. The molecule has 0 aromatic heterocycles. The first-order valence-corrected chi connectivity index (χ1v) is 6.95. The topological polar surface area (TPSA) is 54.4 Å². The van der Waals surface area contributed by atoms with E-state index in [0.29, 0.717) is 6.42 Å². The maximum absolute atomic E-state index is 10.2. The van der Waals surface area contributed by atoms with Crippen molar-refractivity contribution in [2.24, 2.45) is 0 Å². The van der Waals surface area contributed by atoms with E-state index in [1.807, 2.05) is 0 Å². The quantitative estimate of drug-likeness (QED) is 0.438. The molecule has 4 heteroatoms. The molecule has 0 amide bonds. The van der Waals surface area contributed by atoms with Gasteiger partial charge in [-0.25, -0.2) is 0 Å². The Hall–Kier alpha value is -0.430. The Kier molecular flexibility index (Phi) is 11.3. The van der Waals surface area contributed by atoms with E-state index in [2.05, 4.69) is 0 Å². The van der Waals surface area contributed by atoms with E-state index in [9.17, 15) is 9.36 Å². The third-order valence-corrected chi connectivity index (χ3v) is 2.98. The molecule has 0 heterocycles. The molecule has 0 aliphatic heterocycles. The van der Waals surface area contributed by atoms with Gasteiger partial charge in [-0.15, -0.1) is 0 Å². The van der Waals surface area contributed by atoms with Gasteiger partial charge in [0.1, 0.15) is 6.16 Å². The molecular formula is C11H22O3P+. The zero-order chi connectivity index (χ0) is 11.4. The van der Waals surface area contributed by atoms with Crippen molar-refractivity contribution in [2.45, 2.75) is 57.8 Å². The molecule has 3 nitrogen and oxygen atoms in total. The molecule has 0 saturated heterocycles. The highest BCUT2D eigenvalue weighted by atomic mass is 31.1. The summed E-state index contributed by atoms with van der Waals surface area (Å²) in [5, 5.41) is 8.41. The molecule has 0 bridgehead atoms. The number of rotatable bonds is 11. The van der Waals surface area contributed by atoms with Gasteiger partial charge < -0.3 is 5.11 Å². The summed E-state index contributed by atoms with van der Waals surface area (Å²) in [6.07, 6.45) is 10.1. The minimum absolute atomic E-state index is 0.138. The lowest BCUT2D eigenvalue weighted by Crippen LogP contribution is -1.93. The van der Waals surface area contributed by atoms with E-state index >= 15 is 0 Å². The Balaban J connectivity index is 2.92. The second-order valence-corrected chi connectivity index (χ2v) is 4.66. The fraction of sp³-hybridized carbons (Fsp3) is 0.909. The molecule has 0 fully saturated rings. The standard InChI is InChI=1S/C11H21O3P/c12-11(13)9-7-5-3-1-2-4-6-8-10-15-14/h1-10H2,(H,12,13)/p+1. The molecule has 1 unspecified atom stereocenters. The molecule has 0 radical (unpaired) electrons. The number of hydrogen-bond acceptors (Lipinski definition) is 2. The van der Waals surface area contributed by atoms with E-state index in [1.54, 1.807) is 0 Å². The molecular weight excluding hydrogens is 211 g/mol. The summed E-state index contributed by atoms with van der Waals surface area (Å²) >= 11 is 0. The first kappa shape index (κ1) is 14.6. The van der Waals surface area contributed by atoms with Crippen LogP contribution < -0.4 is 0 Å². The molecule has 0 spiro atoms. The van der Waals surface area contributed by atoms with E-state index in [1.165, 1.54) is 25.7 Å². The van der Waals surface area contributed by atoms with Gasteiger partial charge in [0, 0.05) is 6.42 Å². The fourth-order valence-electron chi connectivity index (χ4n) is 1.53. The molecule has 0 aromatic carbocycles. The molecule has 0 rings (SSSR count). The van der Waals surface area contributed by atoms with Crippen molar-refractivity contribution >= 4 is 14.4 Å². The van der Waals surface area contributed by atoms with Crippen LogP contribution in [0.1, 0.15) is 57.8 Å². The lowest BCUT2D eigenvalue weighted by molar-refractivity contribution is -0.137. The first-order valence-electron chi connectivity index (χ1n) is 5.84. The van der Waals surface area contributed by atoms with Crippen molar-refractivity contribution in [1.29, 1.82) is 0 Å². The van der Waals surface area contributed by atoms with Crippen LogP contribution >= 0.6 is 8.46 Å². The second kappa shape index (κ2) is 11.6. The summed E-state index contributed by atoms with van der Waals surface area (Å²) in [6.45, 7) is 0. The van der Waals surface area contributed by atoms with Gasteiger partial charge in [0.15, 0.2) is 0 Å². The number of aliphatic carboxylic acids is 1. The number of unbranched alkanes of at least 4 members (excludes halogenated alkanes) is 7. The Morgan fingerprint density at radius 1 is 0.867 bits per heavy atom. The normalized spacial score (nSPS) is 10.7. The van der Waals surface area contributed by atoms with Crippen LogP contribution in [-0.2, 0) is 9.36 Å². The van der Waals surface area contributed by atoms with E-state index in [4.69, 9.17) is 5.11 Å². The predicted molar refractivity (Wildman–Crippen MR) is 63.1 cm³/mol. The van der Waals surface area contributed by atoms with Gasteiger partial charge in [-0.05, 0) is 19.3 Å². The second-order valence-electron chi connectivity index (χ2n) is 3.87. The number of carboxylic acid groups (broad SMARTS) is 1. The van der Waals surface area contributed by atoms with Crippen molar-refractivity contribution < 1.29 is 14.5 Å². The zero-order valence-electron chi connectivity index (χ0n) is 9.33. The summed E-state index contributed by atoms with van der Waals surface area (Å²) in [5.41, 5.74) is 0. The van der Waals surface area contributed by atoms with Gasteiger partial charge in [0.05, 0.1) is 0 Å². The van der Waals surface area contributed by atoms with Crippen LogP contribution in [0.4, 0.5) is 0 Å². The number of carbonyl (C=O) groups is 1. The van der Waals surface area contributed by atoms with Gasteiger partial charge in [-0.2, -0.15) is 0 Å². The van der Waals surface area contributed by atoms with Gasteiger partial charge in [-0.1, -0.05) is 36.7 Å². The lowest BCUT2D eigenvalue weighted by Gasteiger charge is -1.99. The van der Waals surface area contributed by atoms with E-state index in [-0.39, 0.29) is 8.46 Å². The molecule has 1 atom stereocenters. The molecule has 1 N–H and O–H groups in total. The highest BCUT2D eigenvalue weighted by Gasteiger charge is 1.97. The highest BCUT2D eigenvalue weighted by Crippen LogP contribution is 2.10. The summed E-state index contributed by atoms with van der Waals surface area (Å²) in [7, 11) is -0.138. The third-order valence-electron chi connectivity index (χ3n) is 2.42. The summed E-state index contributed by atoms with van der Waals surface area (Å²) < 4.78 is 10.2. The van der Waals surface area contributed by atoms with Gasteiger partial charge in [0.25, 0.3) is 0 Å². The largest absolute Gasteiger partial charge is 0.481 e. The molecule has 88 valence electrons. The molecule has 0 saturated carbocycles. The summed E-state index contributed by atoms with van der Waals surface area (Å²) in [5.74, 6) is -0.687. The van der Waals surface area contributed by atoms with E-state index in [0.717, 1.165) is 31.8 Å². The molecule has 15 heavy (non-hydrogen) atoms. The third kappa shape index (κ3) is 13.6. The highest BCUT2D eigenvalue weighted by molar-refractivity contribution is 7.23. The minimum Gasteiger partial charge on any atom is -0.481 e. The van der Waals surface area contributed by atoms with Crippen LogP contribution in [-0.4, -0.2) is 17.2 Å². The maximum atomic E-state index is 10.2. The summed E-state index contributed by atoms with van der Waals surface area (Å²) in [4.78, 5) is 10.2. The van der Waals surface area contributed by atoms with Crippen LogP contribution in [0, 0.1) is 0 Å². The van der Waals surface area contributed by atoms with Crippen molar-refractivity contribution in [3.05, 3.63) is 0 Å². The van der Waals surface area contributed by atoms with Crippen LogP contribution in [0.2, 0.25) is 0 Å². The molecule has 0 aliphatic carbocycles. The lowest BCUT2D eigenvalue weighted by atomic mass is 10.1. The van der Waals surface area contributed by atoms with E-state index < -0.39 is 5.97 Å². The Labute approximate surface area is 93.5 Å². The molecule has 0 aliphatic rings. The van der Waals surface area contributed by atoms with Crippen molar-refractivity contribution in [2.75, 3.05) is 6.16 Å². The predicted octanol–water partition coefficient (Wildman–Crippen LogP) is 3.61. The first-order chi connectivity index (χ1) is 7.27. The number of carboxylic acids is 1. The van der Waals surface area contributed by atoms with Crippen molar-refractivity contribution in [1.82, 2.24) is 0 Å². The Morgan fingerprint density at radius 3 is 1.80 bits per heavy atom. The van der Waals surface area contributed by atoms with Gasteiger partial charge >= 0.3 is 14.4 Å². The Bertz CT molecular complexity index is 171. The van der Waals surface area contributed by atoms with Crippen molar-refractivity contribution in [3.8, 4) is 0 Å². The van der Waals surface area contributed by atoms with Crippen LogP contribution in [0.5, 0.6) is 0 Å². The molecule has 0 aromatic rings. The van der Waals surface area contributed by atoms with Crippen LogP contribution in [0.3, 0.4) is 0 Å². The maximum Gasteiger partial charge on any atom is 0.324 e. The smallest absolute Gasteiger partial charge is 0.324 e. The fourth-order valence-corrected chi connectivity index (χ4v) is 1.93. The number of hydrogen-bond donors (Lipinski definition) is 1. The van der Waals surface area contributed by atoms with Gasteiger partial charge in [-0.3, -0.25) is 4.79 Å². The van der Waals surface area contributed by atoms with Gasteiger partial charge in [0.2, 0.25) is 0 Å². The Morgan fingerprint density at radius 2 is 1.33 bits per heavy atom. The average Bonchev–Trinajstić information content (AvgIpc) is 2.20. The van der Waals surface area contributed by atoms with Crippen LogP contribution in [0.15, 0.2) is 0 Å². The zero-order valence-corrected chi connectivity index (χ0v) is 10.3. The monoisotopic (exact) mass is 233 g/mol.